The molecule has 0 saturated carbocycles. The molecule has 1 aliphatic heterocycles. The van der Waals surface area contributed by atoms with E-state index in [1.54, 1.807) is 18.2 Å². The summed E-state index contributed by atoms with van der Waals surface area (Å²) in [6.45, 7) is 2.21. The molecule has 2 heterocycles. The lowest BCUT2D eigenvalue weighted by Crippen LogP contribution is -2.09. The maximum Gasteiger partial charge on any atom is 0.175 e. The first-order valence-electron chi connectivity index (χ1n) is 6.92. The number of aryl methyl sites for hydroxylation is 1. The smallest absolute Gasteiger partial charge is 0.175 e. The second kappa shape index (κ2) is 5.18. The zero-order valence-corrected chi connectivity index (χ0v) is 12.3. The third kappa shape index (κ3) is 2.86. The number of aromatic amines is 1. The van der Waals surface area contributed by atoms with Crippen LogP contribution in [0.2, 0.25) is 0 Å². The standard InChI is InChI=1S/C14H19N3O2S/c1-20(18,19)11-3-4-12-13(8-11)17-14(16-12)5-2-10-6-7-15-9-10/h3-4,8,10,15H,2,5-7,9H2,1H3,(H,16,17). The van der Waals surface area contributed by atoms with E-state index in [0.717, 1.165) is 48.7 Å². The average Bonchev–Trinajstić information content (AvgIpc) is 3.03. The number of hydrogen-bond donors (Lipinski definition) is 2. The molecule has 2 N–H and O–H groups in total. The lowest BCUT2D eigenvalue weighted by atomic mass is 10.0. The Kier molecular flexibility index (Phi) is 3.52. The number of nitrogens with one attached hydrogen (secondary N) is 2. The molecule has 0 radical (unpaired) electrons. The van der Waals surface area contributed by atoms with Crippen LogP contribution in [0.25, 0.3) is 11.0 Å². The number of H-pyrrole nitrogens is 1. The zero-order valence-electron chi connectivity index (χ0n) is 11.5. The fourth-order valence-corrected chi connectivity index (χ4v) is 3.34. The molecular weight excluding hydrogens is 274 g/mol. The molecule has 1 aromatic carbocycles. The van der Waals surface area contributed by atoms with Crippen molar-refractivity contribution in [3.05, 3.63) is 24.0 Å². The highest BCUT2D eigenvalue weighted by Crippen LogP contribution is 2.19. The molecule has 0 spiro atoms. The minimum atomic E-state index is -3.17. The van der Waals surface area contributed by atoms with Gasteiger partial charge in [-0.3, -0.25) is 0 Å². The van der Waals surface area contributed by atoms with E-state index in [2.05, 4.69) is 15.3 Å². The van der Waals surface area contributed by atoms with Crippen LogP contribution in [0.15, 0.2) is 23.1 Å². The summed E-state index contributed by atoms with van der Waals surface area (Å²) < 4.78 is 23.1. The van der Waals surface area contributed by atoms with Gasteiger partial charge in [-0.1, -0.05) is 0 Å². The fourth-order valence-electron chi connectivity index (χ4n) is 2.69. The molecular formula is C14H19N3O2S. The lowest BCUT2D eigenvalue weighted by Gasteiger charge is -2.05. The normalized spacial score (nSPS) is 19.8. The van der Waals surface area contributed by atoms with Crippen molar-refractivity contribution in [2.24, 2.45) is 5.92 Å². The molecule has 1 unspecified atom stereocenters. The van der Waals surface area contributed by atoms with Crippen molar-refractivity contribution in [1.29, 1.82) is 0 Å². The van der Waals surface area contributed by atoms with Crippen LogP contribution >= 0.6 is 0 Å². The summed E-state index contributed by atoms with van der Waals surface area (Å²) in [6.07, 6.45) is 4.48. The predicted octanol–water partition coefficient (Wildman–Crippen LogP) is 1.51. The number of hydrogen-bond acceptors (Lipinski definition) is 4. The molecule has 1 aromatic heterocycles. The third-order valence-electron chi connectivity index (χ3n) is 3.88. The van der Waals surface area contributed by atoms with Gasteiger partial charge in [-0.25, -0.2) is 13.4 Å². The molecule has 5 nitrogen and oxygen atoms in total. The van der Waals surface area contributed by atoms with Crippen LogP contribution in [-0.4, -0.2) is 37.7 Å². The van der Waals surface area contributed by atoms with Crippen molar-refractivity contribution < 1.29 is 8.42 Å². The van der Waals surface area contributed by atoms with Gasteiger partial charge >= 0.3 is 0 Å². The summed E-state index contributed by atoms with van der Waals surface area (Å²) in [5.74, 6) is 1.67. The van der Waals surface area contributed by atoms with E-state index < -0.39 is 9.84 Å². The monoisotopic (exact) mass is 293 g/mol. The van der Waals surface area contributed by atoms with Crippen molar-refractivity contribution in [2.45, 2.75) is 24.2 Å². The third-order valence-corrected chi connectivity index (χ3v) is 4.99. The summed E-state index contributed by atoms with van der Waals surface area (Å²) in [6, 6.07) is 5.05. The Labute approximate surface area is 118 Å². The van der Waals surface area contributed by atoms with Crippen molar-refractivity contribution in [1.82, 2.24) is 15.3 Å². The molecule has 0 bridgehead atoms. The number of fused-ring (bicyclic) bond motifs is 1. The van der Waals surface area contributed by atoms with Crippen molar-refractivity contribution in [3.8, 4) is 0 Å². The van der Waals surface area contributed by atoms with Crippen LogP contribution in [0.3, 0.4) is 0 Å². The van der Waals surface area contributed by atoms with Crippen molar-refractivity contribution in [2.75, 3.05) is 19.3 Å². The molecule has 108 valence electrons. The van der Waals surface area contributed by atoms with Gasteiger partial charge in [0.05, 0.1) is 15.9 Å². The fraction of sp³-hybridized carbons (Fsp3) is 0.500. The zero-order chi connectivity index (χ0) is 14.2. The van der Waals surface area contributed by atoms with Gasteiger partial charge in [-0.05, 0) is 50.0 Å². The summed E-state index contributed by atoms with van der Waals surface area (Å²) in [7, 11) is -3.17. The molecule has 1 atom stereocenters. The van der Waals surface area contributed by atoms with Crippen molar-refractivity contribution in [3.63, 3.8) is 0 Å². The van der Waals surface area contributed by atoms with E-state index in [4.69, 9.17) is 0 Å². The van der Waals surface area contributed by atoms with Crippen LogP contribution < -0.4 is 5.32 Å². The first-order valence-corrected chi connectivity index (χ1v) is 8.81. The second-order valence-electron chi connectivity index (χ2n) is 5.53. The van der Waals surface area contributed by atoms with E-state index in [1.165, 1.54) is 12.7 Å². The maximum atomic E-state index is 11.5. The Morgan fingerprint density at radius 2 is 2.25 bits per heavy atom. The molecule has 1 fully saturated rings. The van der Waals surface area contributed by atoms with Gasteiger partial charge < -0.3 is 10.3 Å². The Bertz CT molecular complexity index is 715. The van der Waals surface area contributed by atoms with Gasteiger partial charge in [0.1, 0.15) is 5.82 Å². The SMILES string of the molecule is CS(=O)(=O)c1ccc2nc(CCC3CCNC3)[nH]c2c1. The second-order valence-corrected chi connectivity index (χ2v) is 7.55. The first kappa shape index (κ1) is 13.6. The quantitative estimate of drug-likeness (QED) is 0.896. The van der Waals surface area contributed by atoms with Crippen LogP contribution in [-0.2, 0) is 16.3 Å². The van der Waals surface area contributed by atoms with Gasteiger partial charge in [0.2, 0.25) is 0 Å². The van der Waals surface area contributed by atoms with E-state index in [1.807, 2.05) is 0 Å². The number of aromatic nitrogens is 2. The molecule has 1 aliphatic rings. The predicted molar refractivity (Wildman–Crippen MR) is 78.5 cm³/mol. The van der Waals surface area contributed by atoms with Crippen molar-refractivity contribution >= 4 is 20.9 Å². The number of sulfone groups is 1. The number of benzene rings is 1. The first-order chi connectivity index (χ1) is 9.52. The topological polar surface area (TPSA) is 74.8 Å². The molecule has 6 heteroatoms. The molecule has 2 aromatic rings. The highest BCUT2D eigenvalue weighted by Gasteiger charge is 2.15. The van der Waals surface area contributed by atoms with E-state index in [-0.39, 0.29) is 0 Å². The Morgan fingerprint density at radius 1 is 1.40 bits per heavy atom. The van der Waals surface area contributed by atoms with Gasteiger partial charge in [0, 0.05) is 12.7 Å². The minimum absolute atomic E-state index is 0.334. The molecule has 20 heavy (non-hydrogen) atoms. The number of rotatable bonds is 4. The molecule has 1 saturated heterocycles. The summed E-state index contributed by atoms with van der Waals surface area (Å²) in [5.41, 5.74) is 1.63. The summed E-state index contributed by atoms with van der Waals surface area (Å²) in [5, 5.41) is 3.36. The molecule has 0 aliphatic carbocycles. The van der Waals surface area contributed by atoms with Gasteiger partial charge in [0.15, 0.2) is 9.84 Å². The Balaban J connectivity index is 1.79. The molecule has 3 rings (SSSR count). The largest absolute Gasteiger partial charge is 0.342 e. The summed E-state index contributed by atoms with van der Waals surface area (Å²) >= 11 is 0. The van der Waals surface area contributed by atoms with Crippen LogP contribution in [0.5, 0.6) is 0 Å². The summed E-state index contributed by atoms with van der Waals surface area (Å²) in [4.78, 5) is 8.10. The number of nitrogens with zero attached hydrogens (tertiary/aromatic N) is 1. The minimum Gasteiger partial charge on any atom is -0.342 e. The highest BCUT2D eigenvalue weighted by molar-refractivity contribution is 7.90. The van der Waals surface area contributed by atoms with E-state index in [9.17, 15) is 8.42 Å². The Hall–Kier alpha value is -1.40. The van der Waals surface area contributed by atoms with Gasteiger partial charge in [-0.2, -0.15) is 0 Å². The number of imidazole rings is 1. The van der Waals surface area contributed by atoms with Crippen LogP contribution in [0.1, 0.15) is 18.7 Å². The lowest BCUT2D eigenvalue weighted by molar-refractivity contribution is 0.526. The average molecular weight is 293 g/mol. The maximum absolute atomic E-state index is 11.5. The van der Waals surface area contributed by atoms with E-state index >= 15 is 0 Å². The Morgan fingerprint density at radius 3 is 2.95 bits per heavy atom. The highest BCUT2D eigenvalue weighted by atomic mass is 32.2. The molecule has 0 amide bonds. The van der Waals surface area contributed by atoms with E-state index in [0.29, 0.717) is 4.90 Å². The van der Waals surface area contributed by atoms with Gasteiger partial charge in [0.25, 0.3) is 0 Å². The van der Waals surface area contributed by atoms with Crippen LogP contribution in [0.4, 0.5) is 0 Å². The van der Waals surface area contributed by atoms with Gasteiger partial charge in [-0.15, -0.1) is 0 Å². The van der Waals surface area contributed by atoms with Crippen LogP contribution in [0, 0.1) is 5.92 Å².